The van der Waals surface area contributed by atoms with Gasteiger partial charge in [-0.3, -0.25) is 11.3 Å². The molecule has 3 N–H and O–H groups in total. The number of benzene rings is 1. The van der Waals surface area contributed by atoms with Crippen LogP contribution in [0.1, 0.15) is 19.4 Å². The van der Waals surface area contributed by atoms with Gasteiger partial charge >= 0.3 is 6.36 Å². The van der Waals surface area contributed by atoms with Crippen LogP contribution in [-0.4, -0.2) is 12.4 Å². The minimum atomic E-state index is -4.65. The van der Waals surface area contributed by atoms with E-state index in [9.17, 15) is 13.2 Å². The van der Waals surface area contributed by atoms with Gasteiger partial charge in [0.1, 0.15) is 5.75 Å². The van der Waals surface area contributed by atoms with Gasteiger partial charge in [-0.15, -0.1) is 13.2 Å². The molecule has 3 nitrogen and oxygen atoms in total. The van der Waals surface area contributed by atoms with Crippen molar-refractivity contribution in [3.8, 4) is 5.75 Å². The van der Waals surface area contributed by atoms with Crippen molar-refractivity contribution in [3.63, 3.8) is 0 Å². The first-order valence-corrected chi connectivity index (χ1v) is 5.62. The second-order valence-corrected chi connectivity index (χ2v) is 4.41. The highest BCUT2D eigenvalue weighted by Gasteiger charge is 2.30. The molecule has 102 valence electrons. The smallest absolute Gasteiger partial charge is 0.406 e. The third kappa shape index (κ3) is 4.93. The number of ether oxygens (including phenoxy) is 1. The fourth-order valence-electron chi connectivity index (χ4n) is 1.57. The summed E-state index contributed by atoms with van der Waals surface area (Å²) in [6.07, 6.45) is -4.00. The van der Waals surface area contributed by atoms with E-state index in [1.807, 2.05) is 13.8 Å². The number of hydrogen-bond acceptors (Lipinski definition) is 3. The summed E-state index contributed by atoms with van der Waals surface area (Å²) >= 11 is 0. The zero-order chi connectivity index (χ0) is 13.8. The standard InChI is InChI=1S/C12H17F3N2O/c1-8(2)11(17-16)7-9-3-5-10(6-4-9)18-12(13,14)15/h3-6,8,11,17H,7,16H2,1-2H3. The van der Waals surface area contributed by atoms with Crippen LogP contribution in [0, 0.1) is 5.92 Å². The van der Waals surface area contributed by atoms with Crippen LogP contribution in [0.3, 0.4) is 0 Å². The summed E-state index contributed by atoms with van der Waals surface area (Å²) in [5.74, 6) is 5.53. The molecule has 0 radical (unpaired) electrons. The quantitative estimate of drug-likeness (QED) is 0.633. The molecule has 0 saturated heterocycles. The summed E-state index contributed by atoms with van der Waals surface area (Å²) in [7, 11) is 0. The Morgan fingerprint density at radius 2 is 1.78 bits per heavy atom. The third-order valence-electron chi connectivity index (χ3n) is 2.63. The van der Waals surface area contributed by atoms with Gasteiger partial charge in [-0.25, -0.2) is 0 Å². The molecule has 0 aliphatic heterocycles. The molecule has 0 aliphatic rings. The molecule has 0 fully saturated rings. The Hall–Kier alpha value is -1.27. The molecule has 0 aromatic heterocycles. The van der Waals surface area contributed by atoms with Crippen molar-refractivity contribution in [1.82, 2.24) is 5.43 Å². The normalized spacial score (nSPS) is 13.7. The predicted octanol–water partition coefficient (Wildman–Crippen LogP) is 2.62. The van der Waals surface area contributed by atoms with Gasteiger partial charge in [0.05, 0.1) is 0 Å². The third-order valence-corrected chi connectivity index (χ3v) is 2.63. The van der Waals surface area contributed by atoms with Crippen LogP contribution >= 0.6 is 0 Å². The Balaban J connectivity index is 2.65. The van der Waals surface area contributed by atoms with Gasteiger partial charge in [0.2, 0.25) is 0 Å². The van der Waals surface area contributed by atoms with Crippen LogP contribution in [0.5, 0.6) is 5.75 Å². The van der Waals surface area contributed by atoms with E-state index < -0.39 is 6.36 Å². The molecule has 1 atom stereocenters. The van der Waals surface area contributed by atoms with Gasteiger partial charge in [-0.1, -0.05) is 26.0 Å². The maximum atomic E-state index is 12.0. The SMILES string of the molecule is CC(C)C(Cc1ccc(OC(F)(F)F)cc1)NN. The van der Waals surface area contributed by atoms with Crippen LogP contribution in [-0.2, 0) is 6.42 Å². The lowest BCUT2D eigenvalue weighted by molar-refractivity contribution is -0.274. The molecule has 1 rings (SSSR count). The number of rotatable bonds is 5. The van der Waals surface area contributed by atoms with Crippen molar-refractivity contribution in [2.45, 2.75) is 32.7 Å². The lowest BCUT2D eigenvalue weighted by Gasteiger charge is -2.19. The molecule has 0 amide bonds. The Bertz CT molecular complexity index is 363. The maximum Gasteiger partial charge on any atom is 0.573 e. The summed E-state index contributed by atoms with van der Waals surface area (Å²) in [4.78, 5) is 0. The monoisotopic (exact) mass is 262 g/mol. The number of alkyl halides is 3. The van der Waals surface area contributed by atoms with Gasteiger partial charge in [0.25, 0.3) is 0 Å². The number of nitrogens with two attached hydrogens (primary N) is 1. The van der Waals surface area contributed by atoms with Gasteiger partial charge in [0, 0.05) is 6.04 Å². The molecule has 1 aromatic carbocycles. The van der Waals surface area contributed by atoms with E-state index in [1.54, 1.807) is 12.1 Å². The predicted molar refractivity (Wildman–Crippen MR) is 62.8 cm³/mol. The van der Waals surface area contributed by atoms with Crippen molar-refractivity contribution >= 4 is 0 Å². The number of hydrazine groups is 1. The molecule has 0 heterocycles. The van der Waals surface area contributed by atoms with E-state index in [4.69, 9.17) is 5.84 Å². The van der Waals surface area contributed by atoms with E-state index >= 15 is 0 Å². The highest BCUT2D eigenvalue weighted by molar-refractivity contribution is 5.28. The Kier molecular flexibility index (Phi) is 4.98. The highest BCUT2D eigenvalue weighted by Crippen LogP contribution is 2.23. The summed E-state index contributed by atoms with van der Waals surface area (Å²) in [6, 6.07) is 5.90. The fraction of sp³-hybridized carbons (Fsp3) is 0.500. The zero-order valence-corrected chi connectivity index (χ0v) is 10.3. The van der Waals surface area contributed by atoms with Gasteiger partial charge in [0.15, 0.2) is 0 Å². The van der Waals surface area contributed by atoms with Gasteiger partial charge in [-0.05, 0) is 30.0 Å². The first kappa shape index (κ1) is 14.8. The Morgan fingerprint density at radius 1 is 1.22 bits per heavy atom. The minimum Gasteiger partial charge on any atom is -0.406 e. The van der Waals surface area contributed by atoms with E-state index in [2.05, 4.69) is 10.2 Å². The van der Waals surface area contributed by atoms with Gasteiger partial charge < -0.3 is 4.74 Å². The minimum absolute atomic E-state index is 0.0828. The molecular formula is C12H17F3N2O. The Morgan fingerprint density at radius 3 is 2.17 bits per heavy atom. The van der Waals surface area contributed by atoms with Crippen molar-refractivity contribution in [3.05, 3.63) is 29.8 Å². The number of hydrogen-bond donors (Lipinski definition) is 2. The summed E-state index contributed by atoms with van der Waals surface area (Å²) in [5, 5.41) is 0. The lowest BCUT2D eigenvalue weighted by Crippen LogP contribution is -2.40. The fourth-order valence-corrected chi connectivity index (χ4v) is 1.57. The topological polar surface area (TPSA) is 47.3 Å². The van der Waals surface area contributed by atoms with Crippen LogP contribution in [0.15, 0.2) is 24.3 Å². The van der Waals surface area contributed by atoms with E-state index in [1.165, 1.54) is 12.1 Å². The molecular weight excluding hydrogens is 245 g/mol. The molecule has 1 aromatic rings. The summed E-state index contributed by atoms with van der Waals surface area (Å²) in [6.45, 7) is 4.04. The molecule has 1 unspecified atom stereocenters. The molecule has 0 spiro atoms. The average molecular weight is 262 g/mol. The van der Waals surface area contributed by atoms with E-state index in [-0.39, 0.29) is 11.8 Å². The number of nitrogens with one attached hydrogen (secondary N) is 1. The van der Waals surface area contributed by atoms with Crippen molar-refractivity contribution in [1.29, 1.82) is 0 Å². The molecule has 0 aliphatic carbocycles. The van der Waals surface area contributed by atoms with Crippen LogP contribution in [0.2, 0.25) is 0 Å². The van der Waals surface area contributed by atoms with Crippen molar-refractivity contribution < 1.29 is 17.9 Å². The Labute approximate surface area is 104 Å². The molecule has 0 bridgehead atoms. The highest BCUT2D eigenvalue weighted by atomic mass is 19.4. The summed E-state index contributed by atoms with van der Waals surface area (Å²) in [5.41, 5.74) is 3.60. The van der Waals surface area contributed by atoms with Crippen LogP contribution < -0.4 is 16.0 Å². The van der Waals surface area contributed by atoms with E-state index in [0.29, 0.717) is 12.3 Å². The van der Waals surface area contributed by atoms with Crippen molar-refractivity contribution in [2.75, 3.05) is 0 Å². The molecule has 18 heavy (non-hydrogen) atoms. The maximum absolute atomic E-state index is 12.0. The second-order valence-electron chi connectivity index (χ2n) is 4.41. The average Bonchev–Trinajstić information content (AvgIpc) is 2.25. The lowest BCUT2D eigenvalue weighted by atomic mass is 9.97. The van der Waals surface area contributed by atoms with Crippen molar-refractivity contribution in [2.24, 2.45) is 11.8 Å². The van der Waals surface area contributed by atoms with E-state index in [0.717, 1.165) is 5.56 Å². The van der Waals surface area contributed by atoms with Crippen LogP contribution in [0.4, 0.5) is 13.2 Å². The first-order valence-electron chi connectivity index (χ1n) is 5.62. The molecule has 6 heteroatoms. The van der Waals surface area contributed by atoms with Crippen LogP contribution in [0.25, 0.3) is 0 Å². The second kappa shape index (κ2) is 6.06. The van der Waals surface area contributed by atoms with Gasteiger partial charge in [-0.2, -0.15) is 0 Å². The summed E-state index contributed by atoms with van der Waals surface area (Å²) < 4.78 is 39.7. The zero-order valence-electron chi connectivity index (χ0n) is 10.3. The largest absolute Gasteiger partial charge is 0.573 e. The first-order chi connectivity index (χ1) is 8.31. The number of halogens is 3. The molecule has 0 saturated carbocycles.